The van der Waals surface area contributed by atoms with E-state index in [-0.39, 0.29) is 30.5 Å². The topological polar surface area (TPSA) is 62.0 Å². The maximum Gasteiger partial charge on any atom is 0.219 e. The second kappa shape index (κ2) is 7.71. The summed E-state index contributed by atoms with van der Waals surface area (Å²) in [6.45, 7) is 1.60. The van der Waals surface area contributed by atoms with E-state index in [1.165, 1.54) is 29.4 Å². The standard InChI is InChI=1S/C16H12F2N4O/c1-2-3-9-23-15-10-14(20-11-21-15)22(8-7-19)13-6-4-5-12(17)16(13)18/h4-6,10-11H,8-9H2,1H3. The molecule has 0 bridgehead atoms. The van der Waals surface area contributed by atoms with Gasteiger partial charge in [-0.2, -0.15) is 5.26 Å². The van der Waals surface area contributed by atoms with E-state index in [9.17, 15) is 8.78 Å². The summed E-state index contributed by atoms with van der Waals surface area (Å²) in [4.78, 5) is 9.14. The highest BCUT2D eigenvalue weighted by atomic mass is 19.2. The predicted molar refractivity (Wildman–Crippen MR) is 80.0 cm³/mol. The maximum atomic E-state index is 14.0. The van der Waals surface area contributed by atoms with Gasteiger partial charge in [0.25, 0.3) is 0 Å². The molecule has 0 aliphatic heterocycles. The van der Waals surface area contributed by atoms with Crippen LogP contribution in [0.2, 0.25) is 0 Å². The highest BCUT2D eigenvalue weighted by Crippen LogP contribution is 2.28. The van der Waals surface area contributed by atoms with Crippen molar-refractivity contribution in [3.8, 4) is 23.8 Å². The van der Waals surface area contributed by atoms with Crippen LogP contribution in [0.1, 0.15) is 6.92 Å². The van der Waals surface area contributed by atoms with Crippen LogP contribution in [-0.4, -0.2) is 23.1 Å². The number of rotatable bonds is 5. The number of anilines is 2. The maximum absolute atomic E-state index is 14.0. The summed E-state index contributed by atoms with van der Waals surface area (Å²) in [6, 6.07) is 7.04. The second-order valence-corrected chi connectivity index (χ2v) is 4.25. The van der Waals surface area contributed by atoms with Gasteiger partial charge in [0.1, 0.15) is 18.7 Å². The van der Waals surface area contributed by atoms with Gasteiger partial charge in [0.2, 0.25) is 5.88 Å². The lowest BCUT2D eigenvalue weighted by Crippen LogP contribution is -2.20. The number of hydrogen-bond donors (Lipinski definition) is 0. The molecule has 2 rings (SSSR count). The zero-order chi connectivity index (χ0) is 16.7. The number of aromatic nitrogens is 2. The molecule has 1 heterocycles. The van der Waals surface area contributed by atoms with Crippen LogP contribution >= 0.6 is 0 Å². The van der Waals surface area contributed by atoms with Gasteiger partial charge in [-0.15, -0.1) is 5.92 Å². The molecule has 1 aromatic heterocycles. The van der Waals surface area contributed by atoms with Crippen LogP contribution in [0.5, 0.6) is 5.88 Å². The van der Waals surface area contributed by atoms with E-state index in [1.54, 1.807) is 6.92 Å². The molecule has 2 aromatic rings. The van der Waals surface area contributed by atoms with Crippen LogP contribution in [0.4, 0.5) is 20.3 Å². The normalized spacial score (nSPS) is 9.48. The Morgan fingerprint density at radius 2 is 2.13 bits per heavy atom. The number of nitriles is 1. The van der Waals surface area contributed by atoms with Crippen molar-refractivity contribution in [3.63, 3.8) is 0 Å². The molecule has 5 nitrogen and oxygen atoms in total. The van der Waals surface area contributed by atoms with Crippen molar-refractivity contribution in [2.45, 2.75) is 6.92 Å². The molecule has 0 saturated heterocycles. The second-order valence-electron chi connectivity index (χ2n) is 4.25. The van der Waals surface area contributed by atoms with Crippen molar-refractivity contribution < 1.29 is 13.5 Å². The van der Waals surface area contributed by atoms with Gasteiger partial charge in [0.05, 0.1) is 11.8 Å². The molecule has 23 heavy (non-hydrogen) atoms. The molecule has 7 heteroatoms. The van der Waals surface area contributed by atoms with Crippen LogP contribution in [0.15, 0.2) is 30.6 Å². The average Bonchev–Trinajstić information content (AvgIpc) is 2.56. The quantitative estimate of drug-likeness (QED) is 0.627. The minimum absolute atomic E-state index is 0.0930. The summed E-state index contributed by atoms with van der Waals surface area (Å²) in [5, 5.41) is 8.96. The fourth-order valence-corrected chi connectivity index (χ4v) is 1.80. The lowest BCUT2D eigenvalue weighted by molar-refractivity contribution is 0.354. The highest BCUT2D eigenvalue weighted by Gasteiger charge is 2.18. The summed E-state index contributed by atoms with van der Waals surface area (Å²) in [6.07, 6.45) is 1.21. The molecular weight excluding hydrogens is 302 g/mol. The summed E-state index contributed by atoms with van der Waals surface area (Å²) in [5.41, 5.74) is -0.0930. The molecule has 0 fully saturated rings. The van der Waals surface area contributed by atoms with Gasteiger partial charge in [0.15, 0.2) is 18.2 Å². The molecule has 1 aromatic carbocycles. The minimum Gasteiger partial charge on any atom is -0.464 e. The number of halogens is 2. The van der Waals surface area contributed by atoms with Gasteiger partial charge in [0, 0.05) is 6.07 Å². The molecule has 116 valence electrons. The molecule has 0 unspecified atom stereocenters. The molecule has 0 saturated carbocycles. The number of benzene rings is 1. The smallest absolute Gasteiger partial charge is 0.219 e. The Morgan fingerprint density at radius 3 is 2.87 bits per heavy atom. The van der Waals surface area contributed by atoms with Gasteiger partial charge < -0.3 is 9.64 Å². The Labute approximate surface area is 132 Å². The molecule has 0 spiro atoms. The summed E-state index contributed by atoms with van der Waals surface area (Å²) in [7, 11) is 0. The van der Waals surface area contributed by atoms with Crippen LogP contribution < -0.4 is 9.64 Å². The van der Waals surface area contributed by atoms with E-state index < -0.39 is 11.6 Å². The summed E-state index contributed by atoms with van der Waals surface area (Å²) < 4.78 is 32.7. The van der Waals surface area contributed by atoms with E-state index >= 15 is 0 Å². The first-order valence-electron chi connectivity index (χ1n) is 6.60. The Kier molecular flexibility index (Phi) is 5.43. The third kappa shape index (κ3) is 3.92. The molecule has 0 N–H and O–H groups in total. The van der Waals surface area contributed by atoms with Gasteiger partial charge in [-0.3, -0.25) is 0 Å². The van der Waals surface area contributed by atoms with Gasteiger partial charge >= 0.3 is 0 Å². The van der Waals surface area contributed by atoms with Crippen LogP contribution in [0.3, 0.4) is 0 Å². The van der Waals surface area contributed by atoms with Gasteiger partial charge in [-0.25, -0.2) is 18.7 Å². The Balaban J connectivity index is 2.37. The van der Waals surface area contributed by atoms with E-state index in [2.05, 4.69) is 21.8 Å². The Bertz CT molecular complexity index is 793. The molecule has 0 amide bonds. The van der Waals surface area contributed by atoms with E-state index in [0.29, 0.717) is 0 Å². The summed E-state index contributed by atoms with van der Waals surface area (Å²) >= 11 is 0. The fraction of sp³-hybridized carbons (Fsp3) is 0.188. The van der Waals surface area contributed by atoms with Crippen molar-refractivity contribution in [2.75, 3.05) is 18.1 Å². The van der Waals surface area contributed by atoms with Crippen molar-refractivity contribution >= 4 is 11.5 Å². The first kappa shape index (κ1) is 16.2. The number of nitrogens with zero attached hydrogens (tertiary/aromatic N) is 4. The zero-order valence-electron chi connectivity index (χ0n) is 12.3. The molecule has 0 aliphatic rings. The molecule has 0 atom stereocenters. The van der Waals surface area contributed by atoms with Crippen molar-refractivity contribution in [1.29, 1.82) is 5.26 Å². The highest BCUT2D eigenvalue weighted by molar-refractivity contribution is 5.62. The lowest BCUT2D eigenvalue weighted by atomic mass is 10.2. The summed E-state index contributed by atoms with van der Waals surface area (Å²) in [5.74, 6) is 3.76. The Morgan fingerprint density at radius 1 is 1.30 bits per heavy atom. The van der Waals surface area contributed by atoms with Crippen LogP contribution in [0, 0.1) is 34.8 Å². The van der Waals surface area contributed by atoms with E-state index in [0.717, 1.165) is 6.07 Å². The molecule has 0 radical (unpaired) electrons. The first-order chi connectivity index (χ1) is 11.2. The number of hydrogen-bond acceptors (Lipinski definition) is 5. The monoisotopic (exact) mass is 314 g/mol. The van der Waals surface area contributed by atoms with Crippen molar-refractivity contribution in [3.05, 3.63) is 42.2 Å². The SMILES string of the molecule is CC#CCOc1cc(N(CC#N)c2cccc(F)c2F)ncn1. The van der Waals surface area contributed by atoms with Crippen LogP contribution in [0.25, 0.3) is 0 Å². The molecular formula is C16H12F2N4O. The van der Waals surface area contributed by atoms with Crippen LogP contribution in [-0.2, 0) is 0 Å². The molecule has 0 aliphatic carbocycles. The van der Waals surface area contributed by atoms with Gasteiger partial charge in [-0.1, -0.05) is 12.0 Å². The van der Waals surface area contributed by atoms with E-state index in [1.807, 2.05) is 6.07 Å². The minimum atomic E-state index is -1.05. The number of ether oxygens (including phenoxy) is 1. The van der Waals surface area contributed by atoms with Gasteiger partial charge in [-0.05, 0) is 19.1 Å². The Hall–Kier alpha value is -3.19. The largest absolute Gasteiger partial charge is 0.464 e. The lowest BCUT2D eigenvalue weighted by Gasteiger charge is -2.21. The first-order valence-corrected chi connectivity index (χ1v) is 6.60. The van der Waals surface area contributed by atoms with Crippen molar-refractivity contribution in [2.24, 2.45) is 0 Å². The average molecular weight is 314 g/mol. The zero-order valence-corrected chi connectivity index (χ0v) is 12.3. The third-order valence-electron chi connectivity index (χ3n) is 2.82. The van der Waals surface area contributed by atoms with Crippen molar-refractivity contribution in [1.82, 2.24) is 9.97 Å². The van der Waals surface area contributed by atoms with E-state index in [4.69, 9.17) is 10.00 Å². The fourth-order valence-electron chi connectivity index (χ4n) is 1.80. The predicted octanol–water partition coefficient (Wildman–Crippen LogP) is 2.82. The third-order valence-corrected chi connectivity index (χ3v) is 2.82.